The van der Waals surface area contributed by atoms with Crippen LogP contribution in [0, 0.1) is 17.3 Å². The van der Waals surface area contributed by atoms with Crippen LogP contribution in [0.25, 0.3) is 0 Å². The largest absolute Gasteiger partial charge is 1.00 e. The van der Waals surface area contributed by atoms with Crippen LogP contribution in [0.3, 0.4) is 0 Å². The molecule has 6 heteroatoms. The SMILES string of the molecule is CCC(CC)C(C(=O)[O-])(C(=O)[O-])C1CCCCC1.[Li+].[Na+]. The standard InChI is InChI=1S/C14H24O4.Li.Na/c1-3-10(4-2)14(12(15)16,13(17)18)11-8-6-5-7-9-11;;/h10-11H,3-9H2,1-2H3,(H,15,16)(H,17,18);;/q;2*+1/p-2. The van der Waals surface area contributed by atoms with E-state index in [2.05, 4.69) is 0 Å². The van der Waals surface area contributed by atoms with Crippen LogP contribution in [0.1, 0.15) is 58.8 Å². The van der Waals surface area contributed by atoms with Gasteiger partial charge < -0.3 is 19.8 Å². The summed E-state index contributed by atoms with van der Waals surface area (Å²) < 4.78 is 0. The van der Waals surface area contributed by atoms with E-state index < -0.39 is 23.3 Å². The molecule has 20 heavy (non-hydrogen) atoms. The summed E-state index contributed by atoms with van der Waals surface area (Å²) in [6.45, 7) is 3.66. The van der Waals surface area contributed by atoms with Crippen LogP contribution in [0.2, 0.25) is 0 Å². The molecular formula is C14H22LiNaO4. The molecule has 0 spiro atoms. The van der Waals surface area contributed by atoms with Gasteiger partial charge in [0.2, 0.25) is 0 Å². The van der Waals surface area contributed by atoms with Crippen LogP contribution < -0.4 is 58.6 Å². The van der Waals surface area contributed by atoms with E-state index in [4.69, 9.17) is 0 Å². The number of aliphatic carboxylic acids is 2. The number of rotatable bonds is 6. The van der Waals surface area contributed by atoms with Gasteiger partial charge in [-0.3, -0.25) is 0 Å². The molecule has 0 aromatic heterocycles. The molecule has 4 nitrogen and oxygen atoms in total. The molecule has 1 saturated carbocycles. The van der Waals surface area contributed by atoms with E-state index in [0.29, 0.717) is 25.7 Å². The summed E-state index contributed by atoms with van der Waals surface area (Å²) >= 11 is 0. The summed E-state index contributed by atoms with van der Waals surface area (Å²) in [5.41, 5.74) is -1.80. The molecule has 0 aliphatic heterocycles. The average molecular weight is 284 g/mol. The van der Waals surface area contributed by atoms with Gasteiger partial charge in [-0.1, -0.05) is 46.0 Å². The van der Waals surface area contributed by atoms with Gasteiger partial charge >= 0.3 is 48.4 Å². The molecule has 1 aliphatic carbocycles. The second-order valence-electron chi connectivity index (χ2n) is 5.29. The van der Waals surface area contributed by atoms with Crippen LogP contribution >= 0.6 is 0 Å². The maximum Gasteiger partial charge on any atom is 1.00 e. The normalized spacial score (nSPS) is 16.1. The molecule has 0 amide bonds. The predicted octanol–water partition coefficient (Wildman–Crippen LogP) is -5.50. The van der Waals surface area contributed by atoms with Gasteiger partial charge in [0, 0.05) is 0 Å². The molecule has 0 aromatic rings. The Balaban J connectivity index is 0. The number of hydrogen-bond donors (Lipinski definition) is 0. The number of carboxylic acid groups (broad SMARTS) is 2. The van der Waals surface area contributed by atoms with E-state index in [1.54, 1.807) is 0 Å². The third-order valence-electron chi connectivity index (χ3n) is 4.55. The van der Waals surface area contributed by atoms with E-state index >= 15 is 0 Å². The molecule has 1 aliphatic rings. The maximum absolute atomic E-state index is 11.6. The number of carbonyl (C=O) groups excluding carboxylic acids is 2. The summed E-state index contributed by atoms with van der Waals surface area (Å²) in [5.74, 6) is -3.66. The second kappa shape index (κ2) is 10.3. The van der Waals surface area contributed by atoms with E-state index in [-0.39, 0.29) is 54.3 Å². The van der Waals surface area contributed by atoms with Crippen molar-refractivity contribution in [2.24, 2.45) is 17.3 Å². The van der Waals surface area contributed by atoms with Crippen LogP contribution in [0.4, 0.5) is 0 Å². The molecule has 0 radical (unpaired) electrons. The summed E-state index contributed by atoms with van der Waals surface area (Å²) in [4.78, 5) is 23.2. The zero-order valence-corrected chi connectivity index (χ0v) is 15.2. The van der Waals surface area contributed by atoms with E-state index in [1.807, 2.05) is 13.8 Å². The Morgan fingerprint density at radius 3 is 1.75 bits per heavy atom. The smallest absolute Gasteiger partial charge is 0.549 e. The van der Waals surface area contributed by atoms with E-state index in [0.717, 1.165) is 19.3 Å². The van der Waals surface area contributed by atoms with Crippen molar-refractivity contribution in [1.82, 2.24) is 0 Å². The molecule has 0 N–H and O–H groups in total. The fourth-order valence-corrected chi connectivity index (χ4v) is 3.57. The second-order valence-corrected chi connectivity index (χ2v) is 5.29. The molecule has 104 valence electrons. The Hall–Kier alpha value is 0.537. The van der Waals surface area contributed by atoms with Crippen LogP contribution in [-0.4, -0.2) is 11.9 Å². The van der Waals surface area contributed by atoms with Crippen LogP contribution in [-0.2, 0) is 9.59 Å². The van der Waals surface area contributed by atoms with Gasteiger partial charge in [-0.05, 0) is 24.7 Å². The van der Waals surface area contributed by atoms with Gasteiger partial charge in [-0.15, -0.1) is 0 Å². The average Bonchev–Trinajstić information content (AvgIpc) is 2.35. The first-order valence-electron chi connectivity index (χ1n) is 6.94. The molecule has 0 bridgehead atoms. The number of hydrogen-bond acceptors (Lipinski definition) is 4. The molecule has 0 saturated heterocycles. The first-order chi connectivity index (χ1) is 8.51. The van der Waals surface area contributed by atoms with Crippen LogP contribution in [0.5, 0.6) is 0 Å². The monoisotopic (exact) mass is 284 g/mol. The first kappa shape index (κ1) is 22.8. The minimum Gasteiger partial charge on any atom is -0.549 e. The third kappa shape index (κ3) is 4.27. The Morgan fingerprint density at radius 2 is 1.45 bits per heavy atom. The molecular weight excluding hydrogens is 262 g/mol. The van der Waals surface area contributed by atoms with Crippen molar-refractivity contribution in [1.29, 1.82) is 0 Å². The quantitative estimate of drug-likeness (QED) is 0.360. The number of carboxylic acids is 2. The van der Waals surface area contributed by atoms with Gasteiger partial charge in [0.05, 0.1) is 17.4 Å². The predicted molar refractivity (Wildman–Crippen MR) is 63.1 cm³/mol. The zero-order chi connectivity index (χ0) is 13.8. The summed E-state index contributed by atoms with van der Waals surface area (Å²) in [5, 5.41) is 23.2. The zero-order valence-electron chi connectivity index (χ0n) is 13.2. The summed E-state index contributed by atoms with van der Waals surface area (Å²) in [6, 6.07) is 0. The van der Waals surface area contributed by atoms with E-state index in [9.17, 15) is 19.8 Å². The minimum atomic E-state index is -1.80. The Bertz CT molecular complexity index is 298. The van der Waals surface area contributed by atoms with Gasteiger partial charge in [0.1, 0.15) is 0 Å². The first-order valence-corrected chi connectivity index (χ1v) is 6.94. The third-order valence-corrected chi connectivity index (χ3v) is 4.55. The summed E-state index contributed by atoms with van der Waals surface area (Å²) in [7, 11) is 0. The molecule has 0 atom stereocenters. The molecule has 0 heterocycles. The number of carbonyl (C=O) groups is 2. The van der Waals surface area contributed by atoms with Crippen molar-refractivity contribution in [2.75, 3.05) is 0 Å². The van der Waals surface area contributed by atoms with Gasteiger partial charge in [-0.2, -0.15) is 0 Å². The van der Waals surface area contributed by atoms with Crippen molar-refractivity contribution in [2.45, 2.75) is 58.8 Å². The van der Waals surface area contributed by atoms with Crippen LogP contribution in [0.15, 0.2) is 0 Å². The summed E-state index contributed by atoms with van der Waals surface area (Å²) in [6.07, 6.45) is 5.19. The Morgan fingerprint density at radius 1 is 1.05 bits per heavy atom. The fraction of sp³-hybridized carbons (Fsp3) is 0.857. The minimum absolute atomic E-state index is 0. The van der Waals surface area contributed by atoms with E-state index in [1.165, 1.54) is 0 Å². The van der Waals surface area contributed by atoms with Gasteiger partial charge in [0.25, 0.3) is 0 Å². The molecule has 1 rings (SSSR count). The molecule has 0 unspecified atom stereocenters. The van der Waals surface area contributed by atoms with Crippen molar-refractivity contribution >= 4 is 11.9 Å². The molecule has 0 aromatic carbocycles. The van der Waals surface area contributed by atoms with Crippen molar-refractivity contribution in [3.05, 3.63) is 0 Å². The Labute approximate surface area is 155 Å². The maximum atomic E-state index is 11.6. The molecule has 1 fully saturated rings. The van der Waals surface area contributed by atoms with Crippen molar-refractivity contribution in [3.8, 4) is 0 Å². The van der Waals surface area contributed by atoms with Gasteiger partial charge in [-0.25, -0.2) is 0 Å². The Kier molecular flexibility index (Phi) is 11.7. The van der Waals surface area contributed by atoms with Crippen molar-refractivity contribution < 1.29 is 68.2 Å². The topological polar surface area (TPSA) is 80.3 Å². The van der Waals surface area contributed by atoms with Gasteiger partial charge in [0.15, 0.2) is 0 Å². The van der Waals surface area contributed by atoms with Crippen molar-refractivity contribution in [3.63, 3.8) is 0 Å². The fourth-order valence-electron chi connectivity index (χ4n) is 3.57.